The van der Waals surface area contributed by atoms with E-state index in [4.69, 9.17) is 10.5 Å². The number of pyridine rings is 1. The van der Waals surface area contributed by atoms with Crippen LogP contribution in [0.25, 0.3) is 0 Å². The number of anilines is 1. The van der Waals surface area contributed by atoms with Crippen LogP contribution in [-0.2, 0) is 20.9 Å². The lowest BCUT2D eigenvalue weighted by atomic mass is 9.96. The van der Waals surface area contributed by atoms with Crippen LogP contribution in [0.3, 0.4) is 0 Å². The van der Waals surface area contributed by atoms with Gasteiger partial charge in [-0.2, -0.15) is 13.2 Å². The van der Waals surface area contributed by atoms with Crippen molar-refractivity contribution in [2.45, 2.75) is 51.7 Å². The summed E-state index contributed by atoms with van der Waals surface area (Å²) in [6.07, 6.45) is -3.94. The van der Waals surface area contributed by atoms with E-state index in [0.29, 0.717) is 0 Å². The fourth-order valence-corrected chi connectivity index (χ4v) is 4.19. The molecule has 0 aliphatic carbocycles. The molecule has 0 fully saturated rings. The van der Waals surface area contributed by atoms with Crippen molar-refractivity contribution in [3.05, 3.63) is 34.1 Å². The molecular weight excluding hydrogens is 489 g/mol. The van der Waals surface area contributed by atoms with Gasteiger partial charge in [0.25, 0.3) is 10.0 Å². The third kappa shape index (κ3) is 6.84. The summed E-state index contributed by atoms with van der Waals surface area (Å²) in [4.78, 5) is 21.8. The molecule has 1 aromatic heterocycles. The Morgan fingerprint density at radius 3 is 2.31 bits per heavy atom. The zero-order valence-electron chi connectivity index (χ0n) is 20.4. The summed E-state index contributed by atoms with van der Waals surface area (Å²) in [6, 6.07) is -0.414. The third-order valence-corrected chi connectivity index (χ3v) is 6.59. The van der Waals surface area contributed by atoms with Crippen LogP contribution < -0.4 is 15.8 Å². The van der Waals surface area contributed by atoms with Crippen LogP contribution in [-0.4, -0.2) is 63.5 Å². The molecule has 0 spiro atoms. The largest absolute Gasteiger partial charge is 0.475 e. The minimum absolute atomic E-state index is 0.00839. The number of nitrogens with two attached hydrogens (primary N) is 1. The highest BCUT2D eigenvalue weighted by Crippen LogP contribution is 2.37. The predicted molar refractivity (Wildman–Crippen MR) is 126 cm³/mol. The third-order valence-electron chi connectivity index (χ3n) is 5.24. The molecule has 0 bridgehead atoms. The normalized spacial score (nSPS) is 17.4. The number of likely N-dealkylation sites (N-methyl/N-ethyl adjacent to an activating group) is 1. The van der Waals surface area contributed by atoms with Crippen molar-refractivity contribution in [3.8, 4) is 0 Å². The zero-order valence-corrected chi connectivity index (χ0v) is 21.2. The SMILES string of the molecule is CC(C)c1cc(C(F)(F)F)nc(C(C)C)c1NC(=O)NS(=O)(=O)C(=CN)C1=NCC(N(C)C)CO1. The number of rotatable bonds is 7. The van der Waals surface area contributed by atoms with Gasteiger partial charge < -0.3 is 20.7 Å². The molecule has 1 atom stereocenters. The maximum absolute atomic E-state index is 13.4. The van der Waals surface area contributed by atoms with E-state index in [9.17, 15) is 26.4 Å². The van der Waals surface area contributed by atoms with E-state index < -0.39 is 44.7 Å². The Labute approximate surface area is 202 Å². The van der Waals surface area contributed by atoms with Gasteiger partial charge in [0.1, 0.15) is 12.3 Å². The second-order valence-corrected chi connectivity index (χ2v) is 10.5. The second kappa shape index (κ2) is 10.8. The van der Waals surface area contributed by atoms with Crippen LogP contribution in [0, 0.1) is 0 Å². The van der Waals surface area contributed by atoms with Crippen LogP contribution in [0.2, 0.25) is 0 Å². The van der Waals surface area contributed by atoms with Crippen molar-refractivity contribution in [1.29, 1.82) is 0 Å². The van der Waals surface area contributed by atoms with Crippen LogP contribution >= 0.6 is 0 Å². The number of hydrogen-bond acceptors (Lipinski definition) is 8. The smallest absolute Gasteiger partial charge is 0.433 e. The molecule has 0 aromatic carbocycles. The van der Waals surface area contributed by atoms with Crippen molar-refractivity contribution in [2.24, 2.45) is 10.7 Å². The lowest BCUT2D eigenvalue weighted by Gasteiger charge is -2.27. The van der Waals surface area contributed by atoms with Crippen LogP contribution in [0.15, 0.2) is 22.2 Å². The highest BCUT2D eigenvalue weighted by molar-refractivity contribution is 7.94. The molecule has 1 aliphatic rings. The van der Waals surface area contributed by atoms with Gasteiger partial charge in [0.15, 0.2) is 4.91 Å². The van der Waals surface area contributed by atoms with Gasteiger partial charge in [-0.25, -0.2) is 27.9 Å². The first-order valence-electron chi connectivity index (χ1n) is 10.8. The number of urea groups is 1. The molecule has 2 rings (SSSR count). The quantitative estimate of drug-likeness (QED) is 0.502. The van der Waals surface area contributed by atoms with E-state index in [1.165, 1.54) is 0 Å². The van der Waals surface area contributed by atoms with E-state index in [0.717, 1.165) is 12.3 Å². The summed E-state index contributed by atoms with van der Waals surface area (Å²) in [5.41, 5.74) is 4.54. The van der Waals surface area contributed by atoms with Gasteiger partial charge in [0.2, 0.25) is 5.90 Å². The molecule has 196 valence electrons. The number of nitrogens with one attached hydrogen (secondary N) is 2. The van der Waals surface area contributed by atoms with Crippen molar-refractivity contribution in [3.63, 3.8) is 0 Å². The lowest BCUT2D eigenvalue weighted by Crippen LogP contribution is -2.42. The summed E-state index contributed by atoms with van der Waals surface area (Å²) in [6.45, 7) is 6.94. The molecule has 1 aliphatic heterocycles. The highest BCUT2D eigenvalue weighted by atomic mass is 32.2. The maximum atomic E-state index is 13.4. The molecule has 2 heterocycles. The van der Waals surface area contributed by atoms with Gasteiger partial charge in [0.05, 0.1) is 24.0 Å². The van der Waals surface area contributed by atoms with Gasteiger partial charge >= 0.3 is 12.2 Å². The minimum atomic E-state index is -4.69. The number of halogens is 3. The Morgan fingerprint density at radius 1 is 1.26 bits per heavy atom. The van der Waals surface area contributed by atoms with Crippen LogP contribution in [0.1, 0.15) is 56.5 Å². The van der Waals surface area contributed by atoms with Crippen molar-refractivity contribution >= 4 is 27.6 Å². The first-order chi connectivity index (χ1) is 16.1. The number of alkyl halides is 3. The number of nitrogens with zero attached hydrogens (tertiary/aromatic N) is 3. The van der Waals surface area contributed by atoms with Gasteiger partial charge in [-0.15, -0.1) is 0 Å². The molecule has 0 saturated carbocycles. The fourth-order valence-electron chi connectivity index (χ4n) is 3.25. The number of carbonyl (C=O) groups excluding carboxylic acids is 1. The number of hydrogen-bond donors (Lipinski definition) is 3. The Balaban J connectivity index is 2.36. The molecule has 10 nitrogen and oxygen atoms in total. The molecule has 14 heteroatoms. The van der Waals surface area contributed by atoms with Gasteiger partial charge in [-0.05, 0) is 37.6 Å². The molecule has 35 heavy (non-hydrogen) atoms. The van der Waals surface area contributed by atoms with E-state index in [-0.39, 0.29) is 42.0 Å². The predicted octanol–water partition coefficient (Wildman–Crippen LogP) is 2.96. The van der Waals surface area contributed by atoms with Crippen LogP contribution in [0.4, 0.5) is 23.7 Å². The topological polar surface area (TPSA) is 139 Å². The first kappa shape index (κ1) is 28.4. The summed E-state index contributed by atoms with van der Waals surface area (Å²) in [7, 11) is -0.876. The van der Waals surface area contributed by atoms with Gasteiger partial charge in [-0.3, -0.25) is 0 Å². The van der Waals surface area contributed by atoms with Crippen LogP contribution in [0.5, 0.6) is 0 Å². The van der Waals surface area contributed by atoms with E-state index >= 15 is 0 Å². The lowest BCUT2D eigenvalue weighted by molar-refractivity contribution is -0.141. The average molecular weight is 521 g/mol. The number of aliphatic imine (C=N–C) groups is 1. The Hall–Kier alpha value is -2.87. The molecule has 4 N–H and O–H groups in total. The Kier molecular flexibility index (Phi) is 8.76. The Bertz CT molecular complexity index is 1090. The molecule has 2 amide bonds. The van der Waals surface area contributed by atoms with Crippen molar-refractivity contribution in [1.82, 2.24) is 14.6 Å². The molecule has 1 unspecified atom stereocenters. The minimum Gasteiger partial charge on any atom is -0.475 e. The van der Waals surface area contributed by atoms with E-state index in [2.05, 4.69) is 15.3 Å². The number of carbonyl (C=O) groups is 1. The van der Waals surface area contributed by atoms with Gasteiger partial charge in [0, 0.05) is 6.20 Å². The van der Waals surface area contributed by atoms with Crippen molar-refractivity contribution in [2.75, 3.05) is 32.6 Å². The Morgan fingerprint density at radius 2 is 1.89 bits per heavy atom. The monoisotopic (exact) mass is 520 g/mol. The fraction of sp³-hybridized carbons (Fsp3) is 0.571. The maximum Gasteiger partial charge on any atom is 0.433 e. The zero-order chi connectivity index (χ0) is 26.7. The number of amides is 2. The summed E-state index contributed by atoms with van der Waals surface area (Å²) >= 11 is 0. The number of aromatic nitrogens is 1. The number of ether oxygens (including phenoxy) is 1. The average Bonchev–Trinajstić information content (AvgIpc) is 2.72. The van der Waals surface area contributed by atoms with E-state index in [1.54, 1.807) is 27.7 Å². The van der Waals surface area contributed by atoms with Gasteiger partial charge in [-0.1, -0.05) is 27.7 Å². The summed E-state index contributed by atoms with van der Waals surface area (Å²) in [5.74, 6) is -1.18. The molecule has 1 aromatic rings. The standard InChI is InChI=1S/C21H31F3N6O4S/c1-11(2)14-7-16(21(22,23)24)27-17(12(3)4)18(14)28-20(31)29-35(32,33)15(8-25)19-26-9-13(10-34-19)30(5)6/h7-8,11-13H,9-10,25H2,1-6H3,(H2,28,29,31). The summed E-state index contributed by atoms with van der Waals surface area (Å²) < 4.78 is 73.1. The van der Waals surface area contributed by atoms with E-state index in [1.807, 2.05) is 23.7 Å². The number of sulfonamides is 1. The molecular formula is C21H31F3N6O4S. The molecule has 0 radical (unpaired) electrons. The highest BCUT2D eigenvalue weighted by Gasteiger charge is 2.36. The molecule has 0 saturated heterocycles. The first-order valence-corrected chi connectivity index (χ1v) is 12.3. The van der Waals surface area contributed by atoms with Crippen molar-refractivity contribution < 1.29 is 31.1 Å². The second-order valence-electron chi connectivity index (χ2n) is 8.83. The summed E-state index contributed by atoms with van der Waals surface area (Å²) in [5, 5.41) is 2.37.